The van der Waals surface area contributed by atoms with E-state index in [9.17, 15) is 4.79 Å². The van der Waals surface area contributed by atoms with Gasteiger partial charge < -0.3 is 4.90 Å². The second kappa shape index (κ2) is 4.22. The first-order valence-corrected chi connectivity index (χ1v) is 6.08. The number of hydrogen-bond donors (Lipinski definition) is 1. The van der Waals surface area contributed by atoms with Crippen LogP contribution in [-0.4, -0.2) is 50.6 Å². The van der Waals surface area contributed by atoms with Crippen LogP contribution in [0.5, 0.6) is 0 Å². The van der Waals surface area contributed by atoms with Crippen molar-refractivity contribution in [3.63, 3.8) is 0 Å². The number of aromatic nitrogens is 3. The SMILES string of the molecule is Cc1nc(C(=O)N(C)C2CCSC2)n[nH]1. The van der Waals surface area contributed by atoms with Gasteiger partial charge in [0.05, 0.1) is 0 Å². The van der Waals surface area contributed by atoms with Crippen LogP contribution in [0.1, 0.15) is 22.9 Å². The van der Waals surface area contributed by atoms with E-state index in [1.165, 1.54) is 0 Å². The predicted molar refractivity (Wildman–Crippen MR) is 58.9 cm³/mol. The third-order valence-electron chi connectivity index (χ3n) is 2.56. The molecule has 82 valence electrons. The van der Waals surface area contributed by atoms with E-state index in [4.69, 9.17) is 0 Å². The zero-order valence-electron chi connectivity index (χ0n) is 8.86. The van der Waals surface area contributed by atoms with Crippen LogP contribution >= 0.6 is 11.8 Å². The minimum absolute atomic E-state index is 0.0909. The largest absolute Gasteiger partial charge is 0.335 e. The van der Waals surface area contributed by atoms with Gasteiger partial charge in [-0.1, -0.05) is 0 Å². The Morgan fingerprint density at radius 1 is 1.67 bits per heavy atom. The number of rotatable bonds is 2. The molecule has 1 saturated heterocycles. The summed E-state index contributed by atoms with van der Waals surface area (Å²) in [7, 11) is 1.82. The molecule has 15 heavy (non-hydrogen) atoms. The van der Waals surface area contributed by atoms with Crippen LogP contribution in [-0.2, 0) is 0 Å². The first-order valence-electron chi connectivity index (χ1n) is 4.92. The number of aryl methyl sites for hydroxylation is 1. The lowest BCUT2D eigenvalue weighted by Crippen LogP contribution is -2.37. The Bertz CT molecular complexity index is 359. The van der Waals surface area contributed by atoms with Crippen molar-refractivity contribution in [2.75, 3.05) is 18.6 Å². The van der Waals surface area contributed by atoms with Crippen molar-refractivity contribution in [1.29, 1.82) is 0 Å². The maximum Gasteiger partial charge on any atom is 0.293 e. The van der Waals surface area contributed by atoms with E-state index in [1.807, 2.05) is 18.8 Å². The molecular weight excluding hydrogens is 212 g/mol. The highest BCUT2D eigenvalue weighted by atomic mass is 32.2. The maximum atomic E-state index is 11.9. The summed E-state index contributed by atoms with van der Waals surface area (Å²) in [5.41, 5.74) is 0. The Labute approximate surface area is 92.6 Å². The van der Waals surface area contributed by atoms with Gasteiger partial charge in [-0.2, -0.15) is 11.8 Å². The fourth-order valence-corrected chi connectivity index (χ4v) is 2.86. The minimum atomic E-state index is -0.0909. The van der Waals surface area contributed by atoms with Crippen molar-refractivity contribution in [2.24, 2.45) is 0 Å². The molecule has 1 fully saturated rings. The molecule has 1 aliphatic heterocycles. The van der Waals surface area contributed by atoms with Crippen molar-refractivity contribution in [3.05, 3.63) is 11.6 Å². The first-order chi connectivity index (χ1) is 7.18. The molecule has 0 bridgehead atoms. The Morgan fingerprint density at radius 3 is 3.00 bits per heavy atom. The highest BCUT2D eigenvalue weighted by Gasteiger charge is 2.26. The average molecular weight is 226 g/mol. The quantitative estimate of drug-likeness (QED) is 0.806. The molecule has 0 saturated carbocycles. The van der Waals surface area contributed by atoms with E-state index in [2.05, 4.69) is 15.2 Å². The number of aromatic amines is 1. The summed E-state index contributed by atoms with van der Waals surface area (Å²) in [6.45, 7) is 1.79. The Balaban J connectivity index is 2.06. The lowest BCUT2D eigenvalue weighted by atomic mass is 10.2. The third-order valence-corrected chi connectivity index (χ3v) is 3.71. The van der Waals surface area contributed by atoms with Gasteiger partial charge in [-0.05, 0) is 19.1 Å². The monoisotopic (exact) mass is 226 g/mol. The van der Waals surface area contributed by atoms with Crippen LogP contribution in [0.15, 0.2) is 0 Å². The molecule has 0 aliphatic carbocycles. The summed E-state index contributed by atoms with van der Waals surface area (Å²) in [5, 5.41) is 6.56. The van der Waals surface area contributed by atoms with Crippen LogP contribution < -0.4 is 0 Å². The minimum Gasteiger partial charge on any atom is -0.335 e. The lowest BCUT2D eigenvalue weighted by Gasteiger charge is -2.22. The molecule has 6 heteroatoms. The molecule has 2 rings (SSSR count). The molecule has 5 nitrogen and oxygen atoms in total. The summed E-state index contributed by atoms with van der Waals surface area (Å²) in [4.78, 5) is 17.7. The standard InChI is InChI=1S/C9H14N4OS/c1-6-10-8(12-11-6)9(14)13(2)7-3-4-15-5-7/h7H,3-5H2,1-2H3,(H,10,11,12). The number of carbonyl (C=O) groups is 1. The third kappa shape index (κ3) is 2.14. The predicted octanol–water partition coefficient (Wildman–Crippen LogP) is 0.691. The topological polar surface area (TPSA) is 61.9 Å². The van der Waals surface area contributed by atoms with Crippen LogP contribution in [0.4, 0.5) is 0 Å². The highest BCUT2D eigenvalue weighted by Crippen LogP contribution is 2.21. The van der Waals surface area contributed by atoms with Gasteiger partial charge in [0.2, 0.25) is 5.82 Å². The first kappa shape index (κ1) is 10.5. The van der Waals surface area contributed by atoms with E-state index in [0.717, 1.165) is 17.9 Å². The smallest absolute Gasteiger partial charge is 0.293 e. The van der Waals surface area contributed by atoms with Gasteiger partial charge in [-0.25, -0.2) is 4.98 Å². The molecule has 1 aromatic rings. The van der Waals surface area contributed by atoms with E-state index in [1.54, 1.807) is 11.8 Å². The molecule has 1 atom stereocenters. The van der Waals surface area contributed by atoms with Crippen molar-refractivity contribution in [3.8, 4) is 0 Å². The van der Waals surface area contributed by atoms with Gasteiger partial charge in [-0.15, -0.1) is 5.10 Å². The number of carbonyl (C=O) groups excluding carboxylic acids is 1. The van der Waals surface area contributed by atoms with Crippen LogP contribution in [0.25, 0.3) is 0 Å². The fraction of sp³-hybridized carbons (Fsp3) is 0.667. The van der Waals surface area contributed by atoms with Gasteiger partial charge in [0.15, 0.2) is 0 Å². The lowest BCUT2D eigenvalue weighted by molar-refractivity contribution is 0.0736. The van der Waals surface area contributed by atoms with Gasteiger partial charge in [0, 0.05) is 18.8 Å². The molecule has 2 heterocycles. The van der Waals surface area contributed by atoms with Crippen LogP contribution in [0.3, 0.4) is 0 Å². The Kier molecular flexibility index (Phi) is 2.95. The summed E-state index contributed by atoms with van der Waals surface area (Å²) >= 11 is 1.89. The Morgan fingerprint density at radius 2 is 2.47 bits per heavy atom. The number of nitrogens with zero attached hydrogens (tertiary/aromatic N) is 3. The zero-order valence-corrected chi connectivity index (χ0v) is 9.67. The normalized spacial score (nSPS) is 20.5. The van der Waals surface area contributed by atoms with Gasteiger partial charge >= 0.3 is 0 Å². The Hall–Kier alpha value is -1.04. The molecule has 0 spiro atoms. The molecule has 1 aromatic heterocycles. The zero-order chi connectivity index (χ0) is 10.8. The second-order valence-electron chi connectivity index (χ2n) is 3.68. The molecular formula is C9H14N4OS. The van der Waals surface area contributed by atoms with Gasteiger partial charge in [0.25, 0.3) is 5.91 Å². The number of nitrogens with one attached hydrogen (secondary N) is 1. The average Bonchev–Trinajstić information content (AvgIpc) is 2.85. The van der Waals surface area contributed by atoms with E-state index in [-0.39, 0.29) is 11.7 Å². The molecule has 1 amide bonds. The van der Waals surface area contributed by atoms with E-state index < -0.39 is 0 Å². The van der Waals surface area contributed by atoms with Crippen molar-refractivity contribution >= 4 is 17.7 Å². The van der Waals surface area contributed by atoms with Gasteiger partial charge in [0.1, 0.15) is 5.82 Å². The summed E-state index contributed by atoms with van der Waals surface area (Å²) in [6, 6.07) is 0.335. The van der Waals surface area contributed by atoms with E-state index in [0.29, 0.717) is 11.9 Å². The molecule has 0 aromatic carbocycles. The second-order valence-corrected chi connectivity index (χ2v) is 4.83. The summed E-state index contributed by atoms with van der Waals surface area (Å²) in [5.74, 6) is 3.01. The summed E-state index contributed by atoms with van der Waals surface area (Å²) < 4.78 is 0. The van der Waals surface area contributed by atoms with Crippen LogP contribution in [0.2, 0.25) is 0 Å². The van der Waals surface area contributed by atoms with E-state index >= 15 is 0 Å². The fourth-order valence-electron chi connectivity index (χ4n) is 1.59. The summed E-state index contributed by atoms with van der Waals surface area (Å²) in [6.07, 6.45) is 1.07. The van der Waals surface area contributed by atoms with Crippen molar-refractivity contribution in [1.82, 2.24) is 20.1 Å². The maximum absolute atomic E-state index is 11.9. The van der Waals surface area contributed by atoms with Crippen molar-refractivity contribution < 1.29 is 4.79 Å². The number of H-pyrrole nitrogens is 1. The number of amides is 1. The molecule has 1 N–H and O–H groups in total. The van der Waals surface area contributed by atoms with Crippen LogP contribution in [0, 0.1) is 6.92 Å². The van der Waals surface area contributed by atoms with Crippen molar-refractivity contribution in [2.45, 2.75) is 19.4 Å². The molecule has 0 radical (unpaired) electrons. The van der Waals surface area contributed by atoms with Gasteiger partial charge in [-0.3, -0.25) is 9.89 Å². The number of hydrogen-bond acceptors (Lipinski definition) is 4. The number of thioether (sulfide) groups is 1. The molecule has 1 aliphatic rings. The molecule has 1 unspecified atom stereocenters. The highest BCUT2D eigenvalue weighted by molar-refractivity contribution is 7.99.